The Morgan fingerprint density at radius 2 is 1.44 bits per heavy atom. The highest BCUT2D eigenvalue weighted by Crippen LogP contribution is 2.27. The van der Waals surface area contributed by atoms with Crippen molar-refractivity contribution in [3.63, 3.8) is 0 Å². The fourth-order valence-electron chi connectivity index (χ4n) is 3.53. The van der Waals surface area contributed by atoms with Crippen LogP contribution in [0.3, 0.4) is 0 Å². The minimum Gasteiger partial charge on any atom is -0.396 e. The predicted molar refractivity (Wildman–Crippen MR) is 98.6 cm³/mol. The highest BCUT2D eigenvalue weighted by atomic mass is 16.3. The standard InChI is InChI=1S/C20H30N2O3/c1-4-22(5-2)20(25)17-10-8-16(9-11-17)19(24)21(3)18-12-6-15(14-23)7-13-18/h8-11,15,18,23H,4-7,12-14H2,1-3H3. The number of carbonyl (C=O) groups is 2. The van der Waals surface area contributed by atoms with Gasteiger partial charge in [-0.15, -0.1) is 0 Å². The summed E-state index contributed by atoms with van der Waals surface area (Å²) in [5.74, 6) is 0.374. The second kappa shape index (κ2) is 8.99. The van der Waals surface area contributed by atoms with Gasteiger partial charge in [-0.05, 0) is 69.7 Å². The van der Waals surface area contributed by atoms with Crippen LogP contribution >= 0.6 is 0 Å². The van der Waals surface area contributed by atoms with Crippen molar-refractivity contribution in [3.8, 4) is 0 Å². The number of aliphatic hydroxyl groups is 1. The first kappa shape index (κ1) is 19.4. The molecule has 0 unspecified atom stereocenters. The highest BCUT2D eigenvalue weighted by Gasteiger charge is 2.26. The smallest absolute Gasteiger partial charge is 0.253 e. The molecule has 1 fully saturated rings. The van der Waals surface area contributed by atoms with Crippen LogP contribution < -0.4 is 0 Å². The van der Waals surface area contributed by atoms with Gasteiger partial charge < -0.3 is 14.9 Å². The van der Waals surface area contributed by atoms with E-state index in [4.69, 9.17) is 0 Å². The summed E-state index contributed by atoms with van der Waals surface area (Å²) >= 11 is 0. The summed E-state index contributed by atoms with van der Waals surface area (Å²) in [7, 11) is 1.85. The Morgan fingerprint density at radius 1 is 0.960 bits per heavy atom. The van der Waals surface area contributed by atoms with Gasteiger partial charge in [0.1, 0.15) is 0 Å². The van der Waals surface area contributed by atoms with E-state index in [2.05, 4.69) is 0 Å². The molecule has 1 N–H and O–H groups in total. The maximum absolute atomic E-state index is 12.7. The van der Waals surface area contributed by atoms with Crippen molar-refractivity contribution >= 4 is 11.8 Å². The van der Waals surface area contributed by atoms with Crippen molar-refractivity contribution in [1.29, 1.82) is 0 Å². The monoisotopic (exact) mass is 346 g/mol. The number of carbonyl (C=O) groups excluding carboxylic acids is 2. The number of rotatable bonds is 6. The molecule has 0 aromatic heterocycles. The summed E-state index contributed by atoms with van der Waals surface area (Å²) in [5, 5.41) is 9.24. The molecule has 0 atom stereocenters. The van der Waals surface area contributed by atoms with Gasteiger partial charge in [0.2, 0.25) is 0 Å². The topological polar surface area (TPSA) is 60.9 Å². The van der Waals surface area contributed by atoms with Crippen LogP contribution in [0.15, 0.2) is 24.3 Å². The molecule has 0 spiro atoms. The normalized spacial score (nSPS) is 20.2. The van der Waals surface area contributed by atoms with E-state index >= 15 is 0 Å². The van der Waals surface area contributed by atoms with E-state index in [9.17, 15) is 14.7 Å². The lowest BCUT2D eigenvalue weighted by molar-refractivity contribution is 0.0651. The molecule has 2 rings (SSSR count). The average molecular weight is 346 g/mol. The average Bonchev–Trinajstić information content (AvgIpc) is 2.68. The first-order valence-electron chi connectivity index (χ1n) is 9.29. The van der Waals surface area contributed by atoms with Crippen LogP contribution in [0.4, 0.5) is 0 Å². The predicted octanol–water partition coefficient (Wildman–Crippen LogP) is 2.79. The fraction of sp³-hybridized carbons (Fsp3) is 0.600. The van der Waals surface area contributed by atoms with Gasteiger partial charge in [0, 0.05) is 43.9 Å². The third kappa shape index (κ3) is 4.60. The number of benzene rings is 1. The molecule has 0 aliphatic heterocycles. The number of amides is 2. The zero-order chi connectivity index (χ0) is 18.4. The lowest BCUT2D eigenvalue weighted by Crippen LogP contribution is -2.39. The molecule has 0 radical (unpaired) electrons. The molecule has 0 heterocycles. The van der Waals surface area contributed by atoms with Crippen LogP contribution in [0.25, 0.3) is 0 Å². The van der Waals surface area contributed by atoms with Gasteiger partial charge in [0.15, 0.2) is 0 Å². The molecule has 2 amide bonds. The summed E-state index contributed by atoms with van der Waals surface area (Å²) in [5.41, 5.74) is 1.23. The zero-order valence-corrected chi connectivity index (χ0v) is 15.6. The molecule has 5 nitrogen and oxygen atoms in total. The molecule has 1 aromatic rings. The molecule has 5 heteroatoms. The van der Waals surface area contributed by atoms with E-state index in [1.54, 1.807) is 29.2 Å². The van der Waals surface area contributed by atoms with Gasteiger partial charge in [0.05, 0.1) is 0 Å². The molecule has 1 aliphatic rings. The Kier molecular flexibility index (Phi) is 7.00. The fourth-order valence-corrected chi connectivity index (χ4v) is 3.53. The molecular formula is C20H30N2O3. The molecule has 25 heavy (non-hydrogen) atoms. The van der Waals surface area contributed by atoms with E-state index in [0.29, 0.717) is 30.1 Å². The van der Waals surface area contributed by atoms with Crippen LogP contribution in [0.5, 0.6) is 0 Å². The number of nitrogens with zero attached hydrogens (tertiary/aromatic N) is 2. The summed E-state index contributed by atoms with van der Waals surface area (Å²) in [6.45, 7) is 5.51. The molecule has 0 saturated heterocycles. The highest BCUT2D eigenvalue weighted by molar-refractivity contribution is 5.97. The van der Waals surface area contributed by atoms with Gasteiger partial charge in [-0.1, -0.05) is 0 Å². The van der Waals surface area contributed by atoms with Crippen molar-refractivity contribution in [1.82, 2.24) is 9.80 Å². The Bertz CT molecular complexity index is 573. The maximum Gasteiger partial charge on any atom is 0.253 e. The first-order valence-corrected chi connectivity index (χ1v) is 9.29. The lowest BCUT2D eigenvalue weighted by Gasteiger charge is -2.34. The number of aliphatic hydroxyl groups excluding tert-OH is 1. The SMILES string of the molecule is CCN(CC)C(=O)c1ccc(C(=O)N(C)C2CCC(CO)CC2)cc1. The Hall–Kier alpha value is -1.88. The summed E-state index contributed by atoms with van der Waals surface area (Å²) in [6.07, 6.45) is 3.81. The van der Waals surface area contributed by atoms with Crippen LogP contribution in [0.1, 0.15) is 60.2 Å². The van der Waals surface area contributed by atoms with Gasteiger partial charge in [0.25, 0.3) is 11.8 Å². The van der Waals surface area contributed by atoms with E-state index in [1.165, 1.54) is 0 Å². The third-order valence-electron chi connectivity index (χ3n) is 5.37. The quantitative estimate of drug-likeness (QED) is 0.861. The summed E-state index contributed by atoms with van der Waals surface area (Å²) in [6, 6.07) is 7.20. The van der Waals surface area contributed by atoms with Crippen molar-refractivity contribution in [2.24, 2.45) is 5.92 Å². The Labute approximate surface area is 150 Å². The van der Waals surface area contributed by atoms with E-state index in [-0.39, 0.29) is 24.5 Å². The van der Waals surface area contributed by atoms with Gasteiger partial charge in [-0.3, -0.25) is 9.59 Å². The molecule has 1 aliphatic carbocycles. The Morgan fingerprint density at radius 3 is 1.88 bits per heavy atom. The van der Waals surface area contributed by atoms with E-state index in [1.807, 2.05) is 25.8 Å². The third-order valence-corrected chi connectivity index (χ3v) is 5.37. The van der Waals surface area contributed by atoms with Crippen LogP contribution in [0.2, 0.25) is 0 Å². The molecule has 1 aromatic carbocycles. The second-order valence-electron chi connectivity index (χ2n) is 6.83. The van der Waals surface area contributed by atoms with Crippen molar-refractivity contribution in [2.75, 3.05) is 26.7 Å². The minimum absolute atomic E-state index is 0.000297. The van der Waals surface area contributed by atoms with Crippen molar-refractivity contribution < 1.29 is 14.7 Å². The van der Waals surface area contributed by atoms with Crippen molar-refractivity contribution in [2.45, 2.75) is 45.6 Å². The van der Waals surface area contributed by atoms with Crippen LogP contribution in [0, 0.1) is 5.92 Å². The van der Waals surface area contributed by atoms with E-state index < -0.39 is 0 Å². The Balaban J connectivity index is 2.01. The molecular weight excluding hydrogens is 316 g/mol. The van der Waals surface area contributed by atoms with Gasteiger partial charge >= 0.3 is 0 Å². The maximum atomic E-state index is 12.7. The first-order chi connectivity index (χ1) is 12.0. The van der Waals surface area contributed by atoms with Crippen LogP contribution in [-0.4, -0.2) is 59.5 Å². The number of hydrogen-bond acceptors (Lipinski definition) is 3. The minimum atomic E-state index is -0.00529. The van der Waals surface area contributed by atoms with Crippen LogP contribution in [-0.2, 0) is 0 Å². The van der Waals surface area contributed by atoms with Crippen molar-refractivity contribution in [3.05, 3.63) is 35.4 Å². The second-order valence-corrected chi connectivity index (χ2v) is 6.83. The van der Waals surface area contributed by atoms with Gasteiger partial charge in [-0.2, -0.15) is 0 Å². The van der Waals surface area contributed by atoms with E-state index in [0.717, 1.165) is 25.7 Å². The number of hydrogen-bond donors (Lipinski definition) is 1. The summed E-state index contributed by atoms with van der Waals surface area (Å²) < 4.78 is 0. The molecule has 0 bridgehead atoms. The summed E-state index contributed by atoms with van der Waals surface area (Å²) in [4.78, 5) is 28.6. The zero-order valence-electron chi connectivity index (χ0n) is 15.6. The van der Waals surface area contributed by atoms with Gasteiger partial charge in [-0.25, -0.2) is 0 Å². The molecule has 138 valence electrons. The lowest BCUT2D eigenvalue weighted by atomic mass is 9.86. The molecule has 1 saturated carbocycles. The largest absolute Gasteiger partial charge is 0.396 e.